The summed E-state index contributed by atoms with van der Waals surface area (Å²) in [6.07, 6.45) is 0. The van der Waals surface area contributed by atoms with E-state index in [2.05, 4.69) is 5.32 Å². The minimum absolute atomic E-state index is 0.00540. The van der Waals surface area contributed by atoms with Crippen molar-refractivity contribution in [2.75, 3.05) is 11.9 Å². The number of carbonyl (C=O) groups excluding carboxylic acids is 1. The summed E-state index contributed by atoms with van der Waals surface area (Å²) in [5.74, 6) is -0.966. The summed E-state index contributed by atoms with van der Waals surface area (Å²) in [5.41, 5.74) is 1.26. The van der Waals surface area contributed by atoms with Crippen LogP contribution in [0.5, 0.6) is 5.75 Å². The maximum Gasteiger partial charge on any atom is 0.311 e. The van der Waals surface area contributed by atoms with Gasteiger partial charge in [-0.3, -0.25) is 14.9 Å². The Labute approximate surface area is 132 Å². The number of hydrogen-bond acceptors (Lipinski definition) is 4. The van der Waals surface area contributed by atoms with Crippen LogP contribution >= 0.6 is 0 Å². The standard InChI is InChI=1S/C16H15FN2O4/c1-10-3-6-15(14(7-10)19(21)22)23-9-16(20)18-12-5-4-11(2)13(17)8-12/h3-8H,9H2,1-2H3,(H,18,20). The summed E-state index contributed by atoms with van der Waals surface area (Å²) >= 11 is 0. The molecule has 0 saturated carbocycles. The lowest BCUT2D eigenvalue weighted by atomic mass is 10.2. The second kappa shape index (κ2) is 6.87. The monoisotopic (exact) mass is 318 g/mol. The largest absolute Gasteiger partial charge is 0.477 e. The summed E-state index contributed by atoms with van der Waals surface area (Å²) < 4.78 is 18.6. The summed E-state index contributed by atoms with van der Waals surface area (Å²) in [5, 5.41) is 13.4. The van der Waals surface area contributed by atoms with Gasteiger partial charge in [-0.2, -0.15) is 0 Å². The summed E-state index contributed by atoms with van der Waals surface area (Å²) in [6.45, 7) is 2.91. The van der Waals surface area contributed by atoms with E-state index in [1.807, 2.05) is 0 Å². The molecule has 23 heavy (non-hydrogen) atoms. The Morgan fingerprint density at radius 3 is 2.65 bits per heavy atom. The number of anilines is 1. The fourth-order valence-electron chi connectivity index (χ4n) is 1.90. The molecule has 2 rings (SSSR count). The number of benzene rings is 2. The van der Waals surface area contributed by atoms with Crippen LogP contribution in [-0.4, -0.2) is 17.4 Å². The molecule has 0 heterocycles. The highest BCUT2D eigenvalue weighted by Crippen LogP contribution is 2.27. The third kappa shape index (κ3) is 4.26. The van der Waals surface area contributed by atoms with Crippen LogP contribution in [0.4, 0.5) is 15.8 Å². The molecule has 1 N–H and O–H groups in total. The highest BCUT2D eigenvalue weighted by molar-refractivity contribution is 5.91. The molecule has 0 aliphatic carbocycles. The van der Waals surface area contributed by atoms with E-state index in [-0.39, 0.29) is 11.4 Å². The Morgan fingerprint density at radius 1 is 1.26 bits per heavy atom. The minimum Gasteiger partial charge on any atom is -0.477 e. The van der Waals surface area contributed by atoms with E-state index in [9.17, 15) is 19.3 Å². The van der Waals surface area contributed by atoms with Crippen LogP contribution in [0.25, 0.3) is 0 Å². The molecular formula is C16H15FN2O4. The predicted molar refractivity (Wildman–Crippen MR) is 83.1 cm³/mol. The average molecular weight is 318 g/mol. The Hall–Kier alpha value is -2.96. The van der Waals surface area contributed by atoms with Gasteiger partial charge in [0.2, 0.25) is 0 Å². The third-order valence-corrected chi connectivity index (χ3v) is 3.13. The van der Waals surface area contributed by atoms with Gasteiger partial charge in [0, 0.05) is 11.8 Å². The van der Waals surface area contributed by atoms with Crippen molar-refractivity contribution in [3.05, 3.63) is 63.5 Å². The van der Waals surface area contributed by atoms with Crippen LogP contribution in [0.1, 0.15) is 11.1 Å². The smallest absolute Gasteiger partial charge is 0.311 e. The van der Waals surface area contributed by atoms with Crippen molar-refractivity contribution in [1.29, 1.82) is 0 Å². The van der Waals surface area contributed by atoms with Crippen molar-refractivity contribution in [3.63, 3.8) is 0 Å². The molecule has 1 amide bonds. The molecule has 0 aromatic heterocycles. The molecule has 2 aromatic carbocycles. The first-order chi connectivity index (χ1) is 10.9. The Bertz CT molecular complexity index is 762. The summed E-state index contributed by atoms with van der Waals surface area (Å²) in [7, 11) is 0. The van der Waals surface area contributed by atoms with Gasteiger partial charge in [-0.1, -0.05) is 12.1 Å². The molecule has 0 radical (unpaired) electrons. The molecule has 7 heteroatoms. The van der Waals surface area contributed by atoms with Gasteiger partial charge in [0.15, 0.2) is 12.4 Å². The lowest BCUT2D eigenvalue weighted by Crippen LogP contribution is -2.20. The van der Waals surface area contributed by atoms with Gasteiger partial charge in [-0.15, -0.1) is 0 Å². The first-order valence-electron chi connectivity index (χ1n) is 6.80. The van der Waals surface area contributed by atoms with E-state index < -0.39 is 23.3 Å². The fraction of sp³-hybridized carbons (Fsp3) is 0.188. The van der Waals surface area contributed by atoms with E-state index in [4.69, 9.17) is 4.74 Å². The number of nitro groups is 1. The average Bonchev–Trinajstić information content (AvgIpc) is 2.49. The number of amides is 1. The number of nitrogens with zero attached hydrogens (tertiary/aromatic N) is 1. The zero-order chi connectivity index (χ0) is 17.0. The SMILES string of the molecule is Cc1ccc(OCC(=O)Nc2ccc(C)c(F)c2)c([N+](=O)[O-])c1. The van der Waals surface area contributed by atoms with Crippen molar-refractivity contribution in [3.8, 4) is 5.75 Å². The van der Waals surface area contributed by atoms with Gasteiger partial charge in [-0.25, -0.2) is 4.39 Å². The van der Waals surface area contributed by atoms with Crippen LogP contribution in [0.2, 0.25) is 0 Å². The molecule has 0 aliphatic heterocycles. The Balaban J connectivity index is 2.02. The first kappa shape index (κ1) is 16.4. The number of rotatable bonds is 5. The summed E-state index contributed by atoms with van der Waals surface area (Å²) in [4.78, 5) is 22.2. The summed E-state index contributed by atoms with van der Waals surface area (Å²) in [6, 6.07) is 8.74. The van der Waals surface area contributed by atoms with Crippen LogP contribution in [0.3, 0.4) is 0 Å². The van der Waals surface area contributed by atoms with Crippen molar-refractivity contribution in [2.45, 2.75) is 13.8 Å². The maximum absolute atomic E-state index is 13.4. The number of ether oxygens (including phenoxy) is 1. The fourth-order valence-corrected chi connectivity index (χ4v) is 1.90. The number of nitrogens with one attached hydrogen (secondary N) is 1. The number of halogens is 1. The van der Waals surface area contributed by atoms with E-state index in [1.54, 1.807) is 26.0 Å². The molecular weight excluding hydrogens is 303 g/mol. The highest BCUT2D eigenvalue weighted by atomic mass is 19.1. The highest BCUT2D eigenvalue weighted by Gasteiger charge is 2.16. The van der Waals surface area contributed by atoms with E-state index in [0.29, 0.717) is 16.8 Å². The molecule has 120 valence electrons. The number of hydrogen-bond donors (Lipinski definition) is 1. The number of carbonyl (C=O) groups is 1. The van der Waals surface area contributed by atoms with Crippen molar-refractivity contribution >= 4 is 17.3 Å². The zero-order valence-corrected chi connectivity index (χ0v) is 12.6. The molecule has 0 unspecified atom stereocenters. The van der Waals surface area contributed by atoms with Crippen LogP contribution in [0, 0.1) is 29.8 Å². The minimum atomic E-state index is -0.574. The van der Waals surface area contributed by atoms with E-state index in [0.717, 1.165) is 0 Å². The second-order valence-electron chi connectivity index (χ2n) is 5.03. The van der Waals surface area contributed by atoms with Gasteiger partial charge >= 0.3 is 5.69 Å². The molecule has 0 saturated heterocycles. The number of nitro benzene ring substituents is 1. The molecule has 0 aliphatic rings. The maximum atomic E-state index is 13.4. The molecule has 0 fully saturated rings. The number of aryl methyl sites for hydroxylation is 2. The quantitative estimate of drug-likeness (QED) is 0.677. The predicted octanol–water partition coefficient (Wildman–Crippen LogP) is 3.37. The van der Waals surface area contributed by atoms with E-state index >= 15 is 0 Å². The third-order valence-electron chi connectivity index (χ3n) is 3.13. The molecule has 0 spiro atoms. The molecule has 2 aromatic rings. The van der Waals surface area contributed by atoms with E-state index in [1.165, 1.54) is 24.3 Å². The normalized spacial score (nSPS) is 10.2. The van der Waals surface area contributed by atoms with Crippen molar-refractivity contribution < 1.29 is 18.8 Å². The topological polar surface area (TPSA) is 81.5 Å². The zero-order valence-electron chi connectivity index (χ0n) is 12.6. The second-order valence-corrected chi connectivity index (χ2v) is 5.03. The molecule has 0 atom stereocenters. The van der Waals surface area contributed by atoms with Crippen molar-refractivity contribution in [1.82, 2.24) is 0 Å². The lowest BCUT2D eigenvalue weighted by molar-refractivity contribution is -0.385. The molecule has 0 bridgehead atoms. The Kier molecular flexibility index (Phi) is 4.90. The lowest BCUT2D eigenvalue weighted by Gasteiger charge is -2.09. The molecule has 6 nitrogen and oxygen atoms in total. The van der Waals surface area contributed by atoms with Gasteiger partial charge in [-0.05, 0) is 43.2 Å². The van der Waals surface area contributed by atoms with Crippen LogP contribution < -0.4 is 10.1 Å². The van der Waals surface area contributed by atoms with Gasteiger partial charge in [0.05, 0.1) is 4.92 Å². The van der Waals surface area contributed by atoms with Gasteiger partial charge < -0.3 is 10.1 Å². The van der Waals surface area contributed by atoms with Crippen molar-refractivity contribution in [2.24, 2.45) is 0 Å². The van der Waals surface area contributed by atoms with Gasteiger partial charge in [0.25, 0.3) is 5.91 Å². The Morgan fingerprint density at radius 2 is 2.00 bits per heavy atom. The van der Waals surface area contributed by atoms with Crippen LogP contribution in [0.15, 0.2) is 36.4 Å². The van der Waals surface area contributed by atoms with Gasteiger partial charge in [0.1, 0.15) is 5.82 Å². The first-order valence-corrected chi connectivity index (χ1v) is 6.80. The van der Waals surface area contributed by atoms with Crippen LogP contribution in [-0.2, 0) is 4.79 Å².